The van der Waals surface area contributed by atoms with E-state index >= 15 is 4.79 Å². The van der Waals surface area contributed by atoms with E-state index in [1.807, 2.05) is 30.0 Å². The summed E-state index contributed by atoms with van der Waals surface area (Å²) in [6, 6.07) is 15.7. The molecule has 1 fully saturated rings. The third kappa shape index (κ3) is 8.56. The van der Waals surface area contributed by atoms with E-state index in [1.54, 1.807) is 40.6 Å². The van der Waals surface area contributed by atoms with E-state index in [1.165, 1.54) is 18.2 Å². The van der Waals surface area contributed by atoms with Crippen LogP contribution in [0.1, 0.15) is 102 Å². The molecule has 0 bridgehead atoms. The van der Waals surface area contributed by atoms with Crippen molar-refractivity contribution in [1.82, 2.24) is 9.80 Å². The summed E-state index contributed by atoms with van der Waals surface area (Å²) in [6.07, 6.45) is 6.72. The predicted molar refractivity (Wildman–Crippen MR) is 227 cm³/mol. The van der Waals surface area contributed by atoms with Gasteiger partial charge >= 0.3 is 5.97 Å². The second-order valence-electron chi connectivity index (χ2n) is 16.4. The maximum atomic E-state index is 15.3. The fourth-order valence-electron chi connectivity index (χ4n) is 10.3. The van der Waals surface area contributed by atoms with Gasteiger partial charge in [-0.05, 0) is 128 Å². The average molecular weight is 827 g/mol. The Balaban J connectivity index is 1.27. The lowest BCUT2D eigenvalue weighted by Crippen LogP contribution is -2.48. The Hall–Kier alpha value is -4.78. The van der Waals surface area contributed by atoms with Crippen molar-refractivity contribution in [1.29, 1.82) is 0 Å². The number of aliphatic hydroxyl groups excluding tert-OH is 1. The Morgan fingerprint density at radius 2 is 1.45 bits per heavy atom. The van der Waals surface area contributed by atoms with Gasteiger partial charge in [-0.2, -0.15) is 0 Å². The lowest BCUT2D eigenvalue weighted by atomic mass is 9.72. The first-order valence-corrected chi connectivity index (χ1v) is 21.5. The molecule has 1 N–H and O–H groups in total. The second-order valence-corrected chi connectivity index (χ2v) is 16.4. The van der Waals surface area contributed by atoms with Gasteiger partial charge in [0.1, 0.15) is 0 Å². The lowest BCUT2D eigenvalue weighted by molar-refractivity contribution is -0.171. The Morgan fingerprint density at radius 1 is 0.817 bits per heavy atom. The van der Waals surface area contributed by atoms with Crippen LogP contribution in [0.4, 0.5) is 0 Å². The molecule has 12 nitrogen and oxygen atoms in total. The smallest absolute Gasteiger partial charge is 0.337 e. The normalized spacial score (nSPS) is 24.8. The summed E-state index contributed by atoms with van der Waals surface area (Å²) in [5.41, 5.74) is 6.16. The van der Waals surface area contributed by atoms with E-state index in [2.05, 4.69) is 36.1 Å². The topological polar surface area (TPSA) is 125 Å². The minimum absolute atomic E-state index is 0.0216. The summed E-state index contributed by atoms with van der Waals surface area (Å²) in [4.78, 5) is 32.3. The van der Waals surface area contributed by atoms with Crippen molar-refractivity contribution in [2.24, 2.45) is 17.8 Å². The number of benzene rings is 3. The fourth-order valence-corrected chi connectivity index (χ4v) is 10.3. The number of rotatable bonds is 15. The van der Waals surface area contributed by atoms with Gasteiger partial charge < -0.3 is 43.2 Å². The minimum Gasteiger partial charge on any atom is -0.493 e. The highest BCUT2D eigenvalue weighted by Gasteiger charge is 2.45. The van der Waals surface area contributed by atoms with Gasteiger partial charge in [0.15, 0.2) is 28.8 Å². The summed E-state index contributed by atoms with van der Waals surface area (Å²) in [5.74, 6) is 2.72. The Labute approximate surface area is 354 Å². The number of hydrogen-bond acceptors (Lipinski definition) is 11. The van der Waals surface area contributed by atoms with Crippen LogP contribution in [0, 0.1) is 17.8 Å². The Morgan fingerprint density at radius 3 is 2.07 bits per heavy atom. The number of aliphatic hydroxyl groups is 1. The summed E-state index contributed by atoms with van der Waals surface area (Å²) < 4.78 is 40.9. The zero-order valence-corrected chi connectivity index (χ0v) is 36.2. The zero-order valence-electron chi connectivity index (χ0n) is 36.2. The van der Waals surface area contributed by atoms with E-state index in [9.17, 15) is 9.90 Å². The van der Waals surface area contributed by atoms with Gasteiger partial charge in [0, 0.05) is 50.7 Å². The highest BCUT2D eigenvalue weighted by Crippen LogP contribution is 2.50. The highest BCUT2D eigenvalue weighted by atomic mass is 16.7. The molecule has 3 aromatic carbocycles. The van der Waals surface area contributed by atoms with Crippen molar-refractivity contribution in [3.63, 3.8) is 0 Å². The van der Waals surface area contributed by atoms with E-state index < -0.39 is 12.3 Å². The van der Waals surface area contributed by atoms with Crippen LogP contribution in [-0.4, -0.2) is 101 Å². The van der Waals surface area contributed by atoms with Gasteiger partial charge in [0.2, 0.25) is 6.29 Å². The molecule has 0 aliphatic carbocycles. The summed E-state index contributed by atoms with van der Waals surface area (Å²) in [5, 5.41) is 9.87. The first-order valence-electron chi connectivity index (χ1n) is 21.5. The standard InChI is InChI=1S/C48H62N2O10/c1-8-29-28-49-18-16-32-23-41(54-3)43(56-5)26-37(32)39(49)21-34(29)22-40-38-27-44(57-6)42(55-4)24-33(38)17-19-50(40)46(52)45-25-36(30-12-14-31(15-13-30)47(53)58-7)35(11-10-20-51)48(60-45)59-9-2/h12-15,23-27,29,34-36,39-40,48,51H,8-11,16-22,28H2,1-7H3. The number of fused-ring (bicyclic) bond motifs is 4. The second kappa shape index (κ2) is 19.3. The molecule has 0 aromatic heterocycles. The van der Waals surface area contributed by atoms with Crippen LogP contribution in [0.5, 0.6) is 23.0 Å². The van der Waals surface area contributed by atoms with Crippen molar-refractivity contribution in [3.8, 4) is 23.0 Å². The number of allylic oxidation sites excluding steroid dienone is 1. The molecule has 0 radical (unpaired) electrons. The van der Waals surface area contributed by atoms with Crippen molar-refractivity contribution >= 4 is 11.9 Å². The summed E-state index contributed by atoms with van der Waals surface area (Å²) in [6.45, 7) is 7.08. The van der Waals surface area contributed by atoms with E-state index in [0.717, 1.165) is 67.0 Å². The molecular weight excluding hydrogens is 765 g/mol. The molecular formula is C48H62N2O10. The van der Waals surface area contributed by atoms with E-state index in [4.69, 9.17) is 33.2 Å². The number of carbonyl (C=O) groups excluding carboxylic acids is 2. The Kier molecular flexibility index (Phi) is 13.9. The van der Waals surface area contributed by atoms with Gasteiger partial charge in [-0.15, -0.1) is 0 Å². The molecule has 7 unspecified atom stereocenters. The van der Waals surface area contributed by atoms with Gasteiger partial charge in [-0.3, -0.25) is 9.69 Å². The SMILES string of the molecule is CCOC1OC(C(=O)N2CCc3cc(OC)c(OC)cc3C2CC2CC3c4cc(OC)c(OC)cc4CCN3CC2CC)=CC(c2ccc(C(=O)OC)cc2)C1CCCO. The van der Waals surface area contributed by atoms with Crippen LogP contribution < -0.4 is 18.9 Å². The van der Waals surface area contributed by atoms with Gasteiger partial charge in [-0.25, -0.2) is 4.79 Å². The molecule has 1 saturated heterocycles. The van der Waals surface area contributed by atoms with Crippen LogP contribution in [0.2, 0.25) is 0 Å². The molecule has 3 aromatic rings. The molecule has 0 saturated carbocycles. The summed E-state index contributed by atoms with van der Waals surface area (Å²) >= 11 is 0. The number of ether oxygens (including phenoxy) is 7. The largest absolute Gasteiger partial charge is 0.493 e. The number of amides is 1. The molecule has 0 spiro atoms. The van der Waals surface area contributed by atoms with Crippen LogP contribution in [0.25, 0.3) is 0 Å². The zero-order chi connectivity index (χ0) is 42.5. The van der Waals surface area contributed by atoms with E-state index in [-0.39, 0.29) is 42.2 Å². The van der Waals surface area contributed by atoms with Crippen LogP contribution >= 0.6 is 0 Å². The average Bonchev–Trinajstić information content (AvgIpc) is 3.29. The number of carbonyl (C=O) groups is 2. The first-order chi connectivity index (χ1) is 29.2. The van der Waals surface area contributed by atoms with E-state index in [0.29, 0.717) is 61.3 Å². The highest BCUT2D eigenvalue weighted by molar-refractivity contribution is 5.92. The quantitative estimate of drug-likeness (QED) is 0.154. The third-order valence-electron chi connectivity index (χ3n) is 13.4. The molecule has 4 heterocycles. The number of piperidine rings is 1. The predicted octanol–water partition coefficient (Wildman–Crippen LogP) is 7.42. The minimum atomic E-state index is -0.716. The summed E-state index contributed by atoms with van der Waals surface area (Å²) in [7, 11) is 8.05. The third-order valence-corrected chi connectivity index (χ3v) is 13.4. The molecule has 4 aliphatic heterocycles. The Bertz CT molecular complexity index is 2020. The molecule has 12 heteroatoms. The van der Waals surface area contributed by atoms with Gasteiger partial charge in [-0.1, -0.05) is 25.5 Å². The van der Waals surface area contributed by atoms with Crippen molar-refractivity contribution in [3.05, 3.63) is 93.7 Å². The fraction of sp³-hybridized carbons (Fsp3) is 0.542. The number of esters is 1. The number of nitrogens with zero attached hydrogens (tertiary/aromatic N) is 2. The monoisotopic (exact) mass is 826 g/mol. The maximum absolute atomic E-state index is 15.3. The maximum Gasteiger partial charge on any atom is 0.337 e. The molecule has 324 valence electrons. The van der Waals surface area contributed by atoms with Crippen LogP contribution in [0.15, 0.2) is 60.4 Å². The molecule has 4 aliphatic rings. The molecule has 60 heavy (non-hydrogen) atoms. The van der Waals surface area contributed by atoms with Gasteiger partial charge in [0.05, 0.1) is 47.2 Å². The van der Waals surface area contributed by atoms with Crippen LogP contribution in [-0.2, 0) is 31.8 Å². The molecule has 7 atom stereocenters. The van der Waals surface area contributed by atoms with Crippen molar-refractivity contribution in [2.75, 3.05) is 68.4 Å². The first kappa shape index (κ1) is 43.3. The van der Waals surface area contributed by atoms with Gasteiger partial charge in [0.25, 0.3) is 5.91 Å². The molecule has 1 amide bonds. The lowest BCUT2D eigenvalue weighted by Gasteiger charge is -2.49. The number of hydrogen-bond donors (Lipinski definition) is 1. The van der Waals surface area contributed by atoms with Crippen LogP contribution in [0.3, 0.4) is 0 Å². The van der Waals surface area contributed by atoms with Crippen molar-refractivity contribution < 1.29 is 47.9 Å². The number of methoxy groups -OCH3 is 5. The molecule has 7 rings (SSSR count). The van der Waals surface area contributed by atoms with Crippen molar-refractivity contribution in [2.45, 2.75) is 83.1 Å².